The van der Waals surface area contributed by atoms with Crippen LogP contribution >= 0.6 is 11.3 Å². The quantitative estimate of drug-likeness (QED) is 0.386. The average Bonchev–Trinajstić information content (AvgIpc) is 3.53. The smallest absolute Gasteiger partial charge is 0.249 e. The lowest BCUT2D eigenvalue weighted by Crippen LogP contribution is -2.28. The van der Waals surface area contributed by atoms with Crippen molar-refractivity contribution in [3.05, 3.63) is 95.3 Å². The van der Waals surface area contributed by atoms with E-state index in [1.165, 1.54) is 16.3 Å². The van der Waals surface area contributed by atoms with Crippen molar-refractivity contribution < 1.29 is 14.6 Å². The van der Waals surface area contributed by atoms with Crippen LogP contribution in [0.2, 0.25) is 0 Å². The summed E-state index contributed by atoms with van der Waals surface area (Å²) >= 11 is 1.43. The number of nitrogens with one attached hydrogen (secondary N) is 1. The Balaban J connectivity index is 1.35. The molecule has 176 valence electrons. The Kier molecular flexibility index (Phi) is 6.40. The summed E-state index contributed by atoms with van der Waals surface area (Å²) in [7, 11) is 1.63. The van der Waals surface area contributed by atoms with Crippen LogP contribution < -0.4 is 10.1 Å². The summed E-state index contributed by atoms with van der Waals surface area (Å²) in [5, 5.41) is 22.4. The van der Waals surface area contributed by atoms with Gasteiger partial charge in [0.05, 0.1) is 31.0 Å². The molecule has 1 unspecified atom stereocenters. The van der Waals surface area contributed by atoms with Crippen molar-refractivity contribution in [1.29, 1.82) is 0 Å². The molecule has 9 heteroatoms. The van der Waals surface area contributed by atoms with E-state index in [0.717, 1.165) is 22.7 Å². The third-order valence-corrected chi connectivity index (χ3v) is 6.49. The maximum atomic E-state index is 13.4. The molecule has 4 aromatic rings. The lowest BCUT2D eigenvalue weighted by Gasteiger charge is -2.22. The number of methoxy groups -OCH3 is 1. The Labute approximate surface area is 206 Å². The van der Waals surface area contributed by atoms with Crippen molar-refractivity contribution in [1.82, 2.24) is 15.0 Å². The fourth-order valence-corrected chi connectivity index (χ4v) is 4.67. The van der Waals surface area contributed by atoms with E-state index in [9.17, 15) is 9.90 Å². The first kappa shape index (κ1) is 22.5. The number of anilines is 2. The molecule has 1 aliphatic heterocycles. The molecular formula is C26H23N5O3S. The Morgan fingerprint density at radius 1 is 1.17 bits per heavy atom. The number of benzene rings is 2. The van der Waals surface area contributed by atoms with Gasteiger partial charge in [-0.3, -0.25) is 9.78 Å². The minimum atomic E-state index is -0.408. The van der Waals surface area contributed by atoms with Gasteiger partial charge in [-0.25, -0.2) is 9.99 Å². The molecule has 0 saturated heterocycles. The zero-order valence-corrected chi connectivity index (χ0v) is 19.8. The number of ether oxygens (including phenoxy) is 1. The zero-order chi connectivity index (χ0) is 24.2. The van der Waals surface area contributed by atoms with Crippen molar-refractivity contribution >= 4 is 33.8 Å². The summed E-state index contributed by atoms with van der Waals surface area (Å²) in [6.45, 7) is 0. The van der Waals surface area contributed by atoms with Crippen molar-refractivity contribution in [2.75, 3.05) is 12.4 Å². The zero-order valence-electron chi connectivity index (χ0n) is 19.0. The van der Waals surface area contributed by atoms with Crippen LogP contribution in [0, 0.1) is 0 Å². The fraction of sp³-hybridized carbons (Fsp3) is 0.154. The van der Waals surface area contributed by atoms with E-state index in [2.05, 4.69) is 20.4 Å². The number of hydrazone groups is 1. The minimum Gasteiger partial charge on any atom is -0.508 e. The van der Waals surface area contributed by atoms with Crippen LogP contribution in [-0.2, 0) is 11.2 Å². The molecular weight excluding hydrogens is 462 g/mol. The summed E-state index contributed by atoms with van der Waals surface area (Å²) in [5.74, 6) is 0.716. The van der Waals surface area contributed by atoms with Crippen LogP contribution in [0.25, 0.3) is 0 Å². The molecule has 3 heterocycles. The molecule has 0 bridgehead atoms. The topological polar surface area (TPSA) is 99.9 Å². The summed E-state index contributed by atoms with van der Waals surface area (Å²) < 4.78 is 5.19. The maximum absolute atomic E-state index is 13.4. The molecule has 2 aromatic heterocycles. The van der Waals surface area contributed by atoms with E-state index in [-0.39, 0.29) is 18.1 Å². The molecule has 0 aliphatic carbocycles. The number of carbonyl (C=O) groups excluding carboxylic acids is 1. The van der Waals surface area contributed by atoms with E-state index in [1.807, 2.05) is 53.9 Å². The lowest BCUT2D eigenvalue weighted by molar-refractivity contribution is -0.132. The number of para-hydroxylation sites is 1. The first-order chi connectivity index (χ1) is 17.1. The highest BCUT2D eigenvalue weighted by atomic mass is 32.1. The van der Waals surface area contributed by atoms with Crippen LogP contribution in [0.5, 0.6) is 11.5 Å². The standard InChI is InChI=1S/C26H23N5O3S/c1-34-20-10-8-18(9-11-20)28-26-29-19(16-35-26)13-25(33)31-23(21-6-2-3-7-24(21)32)14-22(30-31)17-5-4-12-27-15-17/h2-12,15-16,23,32H,13-14H2,1H3,(H,28,29). The predicted molar refractivity (Wildman–Crippen MR) is 135 cm³/mol. The highest BCUT2D eigenvalue weighted by molar-refractivity contribution is 7.13. The van der Waals surface area contributed by atoms with Crippen molar-refractivity contribution in [3.8, 4) is 11.5 Å². The molecule has 2 N–H and O–H groups in total. The van der Waals surface area contributed by atoms with Crippen molar-refractivity contribution in [2.45, 2.75) is 18.9 Å². The lowest BCUT2D eigenvalue weighted by atomic mass is 9.98. The fourth-order valence-electron chi connectivity index (χ4n) is 3.94. The van der Waals surface area contributed by atoms with Crippen molar-refractivity contribution in [2.24, 2.45) is 5.10 Å². The number of thiazole rings is 1. The molecule has 0 spiro atoms. The van der Waals surface area contributed by atoms with Gasteiger partial charge in [-0.05, 0) is 36.4 Å². The van der Waals surface area contributed by atoms with Gasteiger partial charge in [0, 0.05) is 41.0 Å². The second-order valence-corrected chi connectivity index (χ2v) is 8.84. The summed E-state index contributed by atoms with van der Waals surface area (Å²) in [6.07, 6.45) is 4.00. The number of phenols is 1. The van der Waals surface area contributed by atoms with E-state index in [4.69, 9.17) is 4.74 Å². The number of hydrogen-bond acceptors (Lipinski definition) is 8. The highest BCUT2D eigenvalue weighted by Crippen LogP contribution is 2.37. The SMILES string of the molecule is COc1ccc(Nc2nc(CC(=O)N3N=C(c4cccnc4)CC3c3ccccc3O)cs2)cc1. The van der Waals surface area contributed by atoms with Crippen LogP contribution in [0.15, 0.2) is 83.5 Å². The number of rotatable bonds is 7. The van der Waals surface area contributed by atoms with Gasteiger partial charge >= 0.3 is 0 Å². The van der Waals surface area contributed by atoms with Gasteiger partial charge in [0.15, 0.2) is 5.13 Å². The second kappa shape index (κ2) is 9.94. The van der Waals surface area contributed by atoms with Gasteiger partial charge < -0.3 is 15.2 Å². The number of hydrogen-bond donors (Lipinski definition) is 2. The molecule has 0 fully saturated rings. The van der Waals surface area contributed by atoms with E-state index in [1.54, 1.807) is 31.6 Å². The van der Waals surface area contributed by atoms with E-state index >= 15 is 0 Å². The summed E-state index contributed by atoms with van der Waals surface area (Å²) in [5.41, 5.74) is 3.78. The Hall–Kier alpha value is -4.24. The Morgan fingerprint density at radius 3 is 2.74 bits per heavy atom. The average molecular weight is 486 g/mol. The molecule has 1 aliphatic rings. The van der Waals surface area contributed by atoms with Gasteiger partial charge in [-0.2, -0.15) is 5.10 Å². The first-order valence-corrected chi connectivity index (χ1v) is 11.9. The van der Waals surface area contributed by atoms with Crippen LogP contribution in [0.4, 0.5) is 10.8 Å². The summed E-state index contributed by atoms with van der Waals surface area (Å²) in [6, 6.07) is 17.9. The van der Waals surface area contributed by atoms with E-state index in [0.29, 0.717) is 22.8 Å². The molecule has 0 radical (unpaired) electrons. The highest BCUT2D eigenvalue weighted by Gasteiger charge is 2.34. The molecule has 35 heavy (non-hydrogen) atoms. The number of phenolic OH excluding ortho intramolecular Hbond substituents is 1. The number of nitrogens with zero attached hydrogens (tertiary/aromatic N) is 4. The monoisotopic (exact) mass is 485 g/mol. The molecule has 1 amide bonds. The van der Waals surface area contributed by atoms with Gasteiger partial charge in [-0.15, -0.1) is 11.3 Å². The van der Waals surface area contributed by atoms with Crippen LogP contribution in [0.1, 0.15) is 29.3 Å². The van der Waals surface area contributed by atoms with Gasteiger partial charge in [0.25, 0.3) is 0 Å². The molecule has 1 atom stereocenters. The number of aromatic nitrogens is 2. The molecule has 5 rings (SSSR count). The van der Waals surface area contributed by atoms with Crippen LogP contribution in [0.3, 0.4) is 0 Å². The normalized spacial score (nSPS) is 15.1. The number of amides is 1. The minimum absolute atomic E-state index is 0.0920. The third kappa shape index (κ3) is 4.99. The maximum Gasteiger partial charge on any atom is 0.249 e. The number of carbonyl (C=O) groups is 1. The van der Waals surface area contributed by atoms with Crippen LogP contribution in [-0.4, -0.2) is 38.8 Å². The van der Waals surface area contributed by atoms with Gasteiger partial charge in [-0.1, -0.05) is 24.3 Å². The predicted octanol–water partition coefficient (Wildman–Crippen LogP) is 4.92. The molecule has 8 nitrogen and oxygen atoms in total. The summed E-state index contributed by atoms with van der Waals surface area (Å²) in [4.78, 5) is 22.1. The largest absolute Gasteiger partial charge is 0.508 e. The third-order valence-electron chi connectivity index (χ3n) is 5.68. The van der Waals surface area contributed by atoms with E-state index < -0.39 is 6.04 Å². The molecule has 2 aromatic carbocycles. The Morgan fingerprint density at radius 2 is 2.00 bits per heavy atom. The van der Waals surface area contributed by atoms with Gasteiger partial charge in [0.2, 0.25) is 5.91 Å². The Bertz CT molecular complexity index is 1350. The number of aromatic hydroxyl groups is 1. The molecule has 0 saturated carbocycles. The number of pyridine rings is 1. The van der Waals surface area contributed by atoms with Crippen molar-refractivity contribution in [3.63, 3.8) is 0 Å². The second-order valence-electron chi connectivity index (χ2n) is 7.98. The van der Waals surface area contributed by atoms with Gasteiger partial charge in [0.1, 0.15) is 11.5 Å². The first-order valence-electron chi connectivity index (χ1n) is 11.0.